The number of amides is 2. The highest BCUT2D eigenvalue weighted by molar-refractivity contribution is 7.92. The summed E-state index contributed by atoms with van der Waals surface area (Å²) in [5, 5.41) is 3.24. The summed E-state index contributed by atoms with van der Waals surface area (Å²) in [5.41, 5.74) is 4.55. The fourth-order valence-corrected chi connectivity index (χ4v) is 6.64. The average molecular weight is 590 g/mol. The third-order valence-corrected chi connectivity index (χ3v) is 9.21. The fourth-order valence-electron chi connectivity index (χ4n) is 5.68. The highest BCUT2D eigenvalue weighted by Crippen LogP contribution is 2.23. The van der Waals surface area contributed by atoms with Gasteiger partial charge in [-0.1, -0.05) is 79.6 Å². The molecule has 0 spiro atoms. The van der Waals surface area contributed by atoms with Gasteiger partial charge in [0.15, 0.2) is 0 Å². The first-order valence-corrected chi connectivity index (χ1v) is 16.7. The van der Waals surface area contributed by atoms with E-state index in [1.165, 1.54) is 10.6 Å². The summed E-state index contributed by atoms with van der Waals surface area (Å²) < 4.78 is 26.7. The Morgan fingerprint density at radius 3 is 2.29 bits per heavy atom. The van der Waals surface area contributed by atoms with Gasteiger partial charge in [-0.25, -0.2) is 8.42 Å². The van der Waals surface area contributed by atoms with Crippen molar-refractivity contribution in [2.45, 2.75) is 77.4 Å². The van der Waals surface area contributed by atoms with E-state index in [9.17, 15) is 18.0 Å². The molecule has 42 heavy (non-hydrogen) atoms. The zero-order chi connectivity index (χ0) is 30.1. The van der Waals surface area contributed by atoms with Gasteiger partial charge in [0.05, 0.1) is 11.9 Å². The standard InChI is InChI=1S/C34H43N3O4S/c1-26-13-11-20-31(23-26)37(42(3,40)41)22-12-21-33(38)36(25-29-17-8-7-14-27(29)2)32(24-28-15-5-4-6-16-28)34(39)35-30-18-9-10-19-30/h4-8,11,13-17,20,23,30,32H,9-10,12,18-19,21-22,24-25H2,1-3H3,(H,35,39)/t32-/m1/s1. The highest BCUT2D eigenvalue weighted by atomic mass is 32.2. The minimum absolute atomic E-state index is 0.117. The summed E-state index contributed by atoms with van der Waals surface area (Å²) in [7, 11) is -3.55. The lowest BCUT2D eigenvalue weighted by Gasteiger charge is -2.33. The minimum Gasteiger partial charge on any atom is -0.352 e. The van der Waals surface area contributed by atoms with Crippen molar-refractivity contribution < 1.29 is 18.0 Å². The molecule has 224 valence electrons. The van der Waals surface area contributed by atoms with Crippen LogP contribution >= 0.6 is 0 Å². The molecule has 0 heterocycles. The monoisotopic (exact) mass is 589 g/mol. The number of anilines is 1. The number of nitrogens with one attached hydrogen (secondary N) is 1. The maximum absolute atomic E-state index is 14.0. The Balaban J connectivity index is 1.59. The van der Waals surface area contributed by atoms with E-state index in [0.29, 0.717) is 25.1 Å². The quantitative estimate of drug-likeness (QED) is 0.283. The van der Waals surface area contributed by atoms with Crippen molar-refractivity contribution in [1.29, 1.82) is 0 Å². The Kier molecular flexibility index (Phi) is 10.8. The van der Waals surface area contributed by atoms with Crippen LogP contribution in [-0.2, 0) is 32.6 Å². The average Bonchev–Trinajstić information content (AvgIpc) is 3.46. The molecule has 0 aromatic heterocycles. The molecule has 2 amide bonds. The Morgan fingerprint density at radius 1 is 0.929 bits per heavy atom. The molecule has 1 N–H and O–H groups in total. The van der Waals surface area contributed by atoms with E-state index in [1.807, 2.05) is 86.6 Å². The first-order chi connectivity index (χ1) is 20.1. The van der Waals surface area contributed by atoms with Gasteiger partial charge in [0.2, 0.25) is 21.8 Å². The van der Waals surface area contributed by atoms with Crippen LogP contribution in [0.15, 0.2) is 78.9 Å². The number of carbonyl (C=O) groups is 2. The Hall–Kier alpha value is -3.65. The summed E-state index contributed by atoms with van der Waals surface area (Å²) in [5.74, 6) is -0.302. The van der Waals surface area contributed by atoms with E-state index in [-0.39, 0.29) is 30.8 Å². The van der Waals surface area contributed by atoms with Crippen LogP contribution in [0.25, 0.3) is 0 Å². The number of benzene rings is 3. The number of sulfonamides is 1. The maximum Gasteiger partial charge on any atom is 0.243 e. The number of rotatable bonds is 13. The predicted molar refractivity (Wildman–Crippen MR) is 169 cm³/mol. The van der Waals surface area contributed by atoms with Crippen LogP contribution < -0.4 is 9.62 Å². The Bertz CT molecular complexity index is 1450. The van der Waals surface area contributed by atoms with Gasteiger partial charge >= 0.3 is 0 Å². The summed E-state index contributed by atoms with van der Waals surface area (Å²) in [6.45, 7) is 4.40. The van der Waals surface area contributed by atoms with Crippen LogP contribution in [-0.4, -0.2) is 50.0 Å². The van der Waals surface area contributed by atoms with Gasteiger partial charge in [0, 0.05) is 32.0 Å². The maximum atomic E-state index is 14.0. The van der Waals surface area contributed by atoms with Gasteiger partial charge in [-0.2, -0.15) is 0 Å². The molecule has 0 bridgehead atoms. The molecule has 1 fully saturated rings. The molecule has 0 aliphatic heterocycles. The van der Waals surface area contributed by atoms with Crippen LogP contribution in [0.4, 0.5) is 5.69 Å². The molecule has 0 radical (unpaired) electrons. The smallest absolute Gasteiger partial charge is 0.243 e. The van der Waals surface area contributed by atoms with Gasteiger partial charge in [0.1, 0.15) is 6.04 Å². The van der Waals surface area contributed by atoms with Crippen LogP contribution in [0.1, 0.15) is 60.8 Å². The second-order valence-corrected chi connectivity index (χ2v) is 13.3. The van der Waals surface area contributed by atoms with Crippen LogP contribution in [0, 0.1) is 13.8 Å². The molecule has 8 heteroatoms. The van der Waals surface area contributed by atoms with Crippen LogP contribution in [0.3, 0.4) is 0 Å². The first kappa shape index (κ1) is 31.3. The molecule has 1 aliphatic carbocycles. The molecular formula is C34H43N3O4S. The molecule has 7 nitrogen and oxygen atoms in total. The number of nitrogens with zero attached hydrogens (tertiary/aromatic N) is 2. The van der Waals surface area contributed by atoms with Crippen molar-refractivity contribution in [3.63, 3.8) is 0 Å². The highest BCUT2D eigenvalue weighted by Gasteiger charge is 2.32. The number of hydrogen-bond acceptors (Lipinski definition) is 4. The van der Waals surface area contributed by atoms with Gasteiger partial charge in [-0.05, 0) is 67.5 Å². The molecule has 3 aromatic carbocycles. The molecule has 1 saturated carbocycles. The molecule has 0 unspecified atom stereocenters. The van der Waals surface area contributed by atoms with Gasteiger partial charge in [-0.15, -0.1) is 0 Å². The van der Waals surface area contributed by atoms with Crippen molar-refractivity contribution in [2.24, 2.45) is 0 Å². The second-order valence-electron chi connectivity index (χ2n) is 11.4. The van der Waals surface area contributed by atoms with E-state index in [0.717, 1.165) is 47.9 Å². The lowest BCUT2D eigenvalue weighted by Crippen LogP contribution is -2.52. The summed E-state index contributed by atoms with van der Waals surface area (Å²) in [4.78, 5) is 29.6. The molecule has 1 aliphatic rings. The summed E-state index contributed by atoms with van der Waals surface area (Å²) in [6, 6.07) is 24.5. The van der Waals surface area contributed by atoms with E-state index >= 15 is 0 Å². The van der Waals surface area contributed by atoms with E-state index < -0.39 is 16.1 Å². The Labute approximate surface area is 251 Å². The lowest BCUT2D eigenvalue weighted by atomic mass is 10.0. The first-order valence-electron chi connectivity index (χ1n) is 14.8. The number of carbonyl (C=O) groups excluding carboxylic acids is 2. The zero-order valence-corrected chi connectivity index (χ0v) is 25.8. The fraction of sp³-hybridized carbons (Fsp3) is 0.412. The van der Waals surface area contributed by atoms with Crippen molar-refractivity contribution in [2.75, 3.05) is 17.1 Å². The minimum atomic E-state index is -3.55. The van der Waals surface area contributed by atoms with Gasteiger partial charge < -0.3 is 10.2 Å². The van der Waals surface area contributed by atoms with Crippen molar-refractivity contribution in [3.8, 4) is 0 Å². The van der Waals surface area contributed by atoms with Crippen molar-refractivity contribution >= 4 is 27.5 Å². The molecule has 1 atom stereocenters. The van der Waals surface area contributed by atoms with Crippen molar-refractivity contribution in [3.05, 3.63) is 101 Å². The largest absolute Gasteiger partial charge is 0.352 e. The number of hydrogen-bond donors (Lipinski definition) is 1. The van der Waals surface area contributed by atoms with E-state index in [1.54, 1.807) is 11.0 Å². The Morgan fingerprint density at radius 2 is 1.62 bits per heavy atom. The van der Waals surface area contributed by atoms with E-state index in [4.69, 9.17) is 0 Å². The normalized spacial score (nSPS) is 14.4. The van der Waals surface area contributed by atoms with Crippen LogP contribution in [0.2, 0.25) is 0 Å². The summed E-state index contributed by atoms with van der Waals surface area (Å²) in [6.07, 6.45) is 6.13. The summed E-state index contributed by atoms with van der Waals surface area (Å²) >= 11 is 0. The third kappa shape index (κ3) is 8.68. The lowest BCUT2D eigenvalue weighted by molar-refractivity contribution is -0.141. The molecule has 0 saturated heterocycles. The predicted octanol–water partition coefficient (Wildman–Crippen LogP) is 5.55. The zero-order valence-electron chi connectivity index (χ0n) is 25.0. The molecule has 4 rings (SSSR count). The second kappa shape index (κ2) is 14.5. The van der Waals surface area contributed by atoms with Crippen LogP contribution in [0.5, 0.6) is 0 Å². The third-order valence-electron chi connectivity index (χ3n) is 8.02. The molecular weight excluding hydrogens is 546 g/mol. The van der Waals surface area contributed by atoms with Gasteiger partial charge in [0.25, 0.3) is 0 Å². The number of aryl methyl sites for hydroxylation is 2. The van der Waals surface area contributed by atoms with E-state index in [2.05, 4.69) is 5.32 Å². The SMILES string of the molecule is Cc1cccc(N(CCCC(=O)N(Cc2ccccc2C)[C@H](Cc2ccccc2)C(=O)NC2CCCC2)S(C)(=O)=O)c1. The van der Waals surface area contributed by atoms with Gasteiger partial charge in [-0.3, -0.25) is 13.9 Å². The molecule has 3 aromatic rings. The topological polar surface area (TPSA) is 86.8 Å². The van der Waals surface area contributed by atoms with Crippen molar-refractivity contribution in [1.82, 2.24) is 10.2 Å².